The van der Waals surface area contributed by atoms with E-state index in [1.807, 2.05) is 43.3 Å². The molecule has 30 heavy (non-hydrogen) atoms. The van der Waals surface area contributed by atoms with Crippen LogP contribution in [0.4, 0.5) is 11.7 Å². The summed E-state index contributed by atoms with van der Waals surface area (Å²) >= 11 is 0. The van der Waals surface area contributed by atoms with E-state index in [9.17, 15) is 9.59 Å². The molecule has 0 saturated heterocycles. The SMILES string of the molecule is CCCC(=O)c1ccc(Nc2ncc(-c3ccccc3CNC(=O)C(C)N)o2)cc1. The molecule has 0 fully saturated rings. The highest BCUT2D eigenvalue weighted by molar-refractivity contribution is 5.96. The molecule has 0 aliphatic rings. The van der Waals surface area contributed by atoms with Gasteiger partial charge in [-0.3, -0.25) is 9.59 Å². The Balaban J connectivity index is 1.71. The molecule has 4 N–H and O–H groups in total. The van der Waals surface area contributed by atoms with Gasteiger partial charge in [-0.25, -0.2) is 4.98 Å². The minimum absolute atomic E-state index is 0.134. The van der Waals surface area contributed by atoms with Gasteiger partial charge in [-0.1, -0.05) is 31.2 Å². The highest BCUT2D eigenvalue weighted by Crippen LogP contribution is 2.27. The largest absolute Gasteiger partial charge is 0.423 e. The topological polar surface area (TPSA) is 110 Å². The van der Waals surface area contributed by atoms with Crippen molar-refractivity contribution < 1.29 is 14.0 Å². The van der Waals surface area contributed by atoms with Gasteiger partial charge in [0, 0.05) is 29.8 Å². The molecule has 0 saturated carbocycles. The van der Waals surface area contributed by atoms with Gasteiger partial charge in [-0.15, -0.1) is 0 Å². The molecule has 1 aromatic heterocycles. The van der Waals surface area contributed by atoms with E-state index in [0.29, 0.717) is 30.3 Å². The first-order valence-corrected chi connectivity index (χ1v) is 9.95. The fourth-order valence-electron chi connectivity index (χ4n) is 2.95. The van der Waals surface area contributed by atoms with Crippen LogP contribution in [0.2, 0.25) is 0 Å². The lowest BCUT2D eigenvalue weighted by atomic mass is 10.1. The Morgan fingerprint density at radius 2 is 1.87 bits per heavy atom. The summed E-state index contributed by atoms with van der Waals surface area (Å²) in [7, 11) is 0. The zero-order valence-corrected chi connectivity index (χ0v) is 17.1. The van der Waals surface area contributed by atoms with Gasteiger partial charge in [0.25, 0.3) is 6.01 Å². The summed E-state index contributed by atoms with van der Waals surface area (Å²) in [5.74, 6) is 0.499. The summed E-state index contributed by atoms with van der Waals surface area (Å²) in [5, 5.41) is 5.91. The summed E-state index contributed by atoms with van der Waals surface area (Å²) in [6.45, 7) is 3.97. The lowest BCUT2D eigenvalue weighted by molar-refractivity contribution is -0.122. The molecule has 2 aromatic carbocycles. The van der Waals surface area contributed by atoms with Crippen LogP contribution in [0.25, 0.3) is 11.3 Å². The molecule has 1 amide bonds. The quantitative estimate of drug-likeness (QED) is 0.463. The van der Waals surface area contributed by atoms with E-state index in [4.69, 9.17) is 10.2 Å². The fraction of sp³-hybridized carbons (Fsp3) is 0.261. The maximum atomic E-state index is 12.0. The van der Waals surface area contributed by atoms with E-state index in [1.165, 1.54) is 0 Å². The number of rotatable bonds is 9. The number of hydrogen-bond donors (Lipinski definition) is 3. The highest BCUT2D eigenvalue weighted by atomic mass is 16.4. The number of nitrogens with zero attached hydrogens (tertiary/aromatic N) is 1. The van der Waals surface area contributed by atoms with Crippen LogP contribution in [-0.2, 0) is 11.3 Å². The summed E-state index contributed by atoms with van der Waals surface area (Å²) in [6, 6.07) is 14.6. The molecule has 7 heteroatoms. The maximum Gasteiger partial charge on any atom is 0.299 e. The van der Waals surface area contributed by atoms with Crippen LogP contribution in [0.3, 0.4) is 0 Å². The number of nitrogens with two attached hydrogens (primary N) is 1. The number of benzene rings is 2. The monoisotopic (exact) mass is 406 g/mol. The van der Waals surface area contributed by atoms with E-state index < -0.39 is 6.04 Å². The summed E-state index contributed by atoms with van der Waals surface area (Å²) in [5.41, 5.74) is 8.80. The molecular formula is C23H26N4O3. The Bertz CT molecular complexity index is 1010. The van der Waals surface area contributed by atoms with Crippen molar-refractivity contribution in [2.45, 2.75) is 39.3 Å². The first kappa shape index (κ1) is 21.3. The predicted octanol–water partition coefficient (Wildman–Crippen LogP) is 4.03. The third-order valence-electron chi connectivity index (χ3n) is 4.59. The second-order valence-corrected chi connectivity index (χ2v) is 7.07. The van der Waals surface area contributed by atoms with E-state index in [-0.39, 0.29) is 11.7 Å². The fourth-order valence-corrected chi connectivity index (χ4v) is 2.95. The average Bonchev–Trinajstić information content (AvgIpc) is 3.21. The Morgan fingerprint density at radius 1 is 1.13 bits per heavy atom. The zero-order valence-electron chi connectivity index (χ0n) is 17.1. The maximum absolute atomic E-state index is 12.0. The van der Waals surface area contributed by atoms with Crippen LogP contribution >= 0.6 is 0 Å². The minimum atomic E-state index is -0.568. The Hall–Kier alpha value is -3.45. The lowest BCUT2D eigenvalue weighted by Gasteiger charge is -2.10. The van der Waals surface area contributed by atoms with Crippen molar-refractivity contribution in [2.75, 3.05) is 5.32 Å². The number of anilines is 2. The summed E-state index contributed by atoms with van der Waals surface area (Å²) in [4.78, 5) is 28.0. The van der Waals surface area contributed by atoms with E-state index in [0.717, 1.165) is 23.2 Å². The molecule has 3 aromatic rings. The van der Waals surface area contributed by atoms with Crippen molar-refractivity contribution in [2.24, 2.45) is 5.73 Å². The van der Waals surface area contributed by atoms with Crippen molar-refractivity contribution in [1.29, 1.82) is 0 Å². The van der Waals surface area contributed by atoms with E-state index >= 15 is 0 Å². The normalized spacial score (nSPS) is 11.7. The Labute approximate surface area is 175 Å². The highest BCUT2D eigenvalue weighted by Gasteiger charge is 2.13. The molecule has 1 atom stereocenters. The summed E-state index contributed by atoms with van der Waals surface area (Å²) < 4.78 is 5.86. The molecule has 0 spiro atoms. The van der Waals surface area contributed by atoms with Crippen molar-refractivity contribution >= 4 is 23.4 Å². The first-order valence-electron chi connectivity index (χ1n) is 9.95. The van der Waals surface area contributed by atoms with Crippen LogP contribution in [0, 0.1) is 0 Å². The van der Waals surface area contributed by atoms with Gasteiger partial charge >= 0.3 is 0 Å². The number of aromatic nitrogens is 1. The summed E-state index contributed by atoms with van der Waals surface area (Å²) in [6.07, 6.45) is 3.00. The number of carbonyl (C=O) groups excluding carboxylic acids is 2. The number of oxazole rings is 1. The van der Waals surface area contributed by atoms with Gasteiger partial charge < -0.3 is 20.8 Å². The number of carbonyl (C=O) groups is 2. The molecule has 0 aliphatic heterocycles. The van der Waals surface area contributed by atoms with Crippen LogP contribution < -0.4 is 16.4 Å². The molecule has 156 valence electrons. The first-order chi connectivity index (χ1) is 14.5. The number of amides is 1. The van der Waals surface area contributed by atoms with Gasteiger partial charge in [-0.05, 0) is 43.2 Å². The van der Waals surface area contributed by atoms with Crippen molar-refractivity contribution in [3.63, 3.8) is 0 Å². The molecule has 0 radical (unpaired) electrons. The van der Waals surface area contributed by atoms with E-state index in [1.54, 1.807) is 25.3 Å². The van der Waals surface area contributed by atoms with Crippen molar-refractivity contribution in [1.82, 2.24) is 10.3 Å². The van der Waals surface area contributed by atoms with Crippen LogP contribution in [0.5, 0.6) is 0 Å². The van der Waals surface area contributed by atoms with Crippen molar-refractivity contribution in [3.8, 4) is 11.3 Å². The number of Topliss-reactive ketones (excluding diaryl/α,β-unsaturated/α-hetero) is 1. The van der Waals surface area contributed by atoms with Gasteiger partial charge in [0.05, 0.1) is 12.2 Å². The van der Waals surface area contributed by atoms with Crippen LogP contribution in [0.15, 0.2) is 59.1 Å². The Morgan fingerprint density at radius 3 is 2.57 bits per heavy atom. The number of hydrogen-bond acceptors (Lipinski definition) is 6. The number of ketones is 1. The standard InChI is InChI=1S/C23H26N4O3/c1-3-6-20(28)16-9-11-18(12-10-16)27-23-26-14-21(30-23)19-8-5-4-7-17(19)13-25-22(29)15(2)24/h4-5,7-12,14-15H,3,6,13,24H2,1-2H3,(H,25,29)(H,26,27). The zero-order chi connectivity index (χ0) is 21.5. The van der Waals surface area contributed by atoms with Gasteiger partial charge in [0.1, 0.15) is 0 Å². The lowest BCUT2D eigenvalue weighted by Crippen LogP contribution is -2.37. The Kier molecular flexibility index (Phi) is 6.98. The molecule has 0 bridgehead atoms. The third-order valence-corrected chi connectivity index (χ3v) is 4.59. The van der Waals surface area contributed by atoms with Crippen LogP contribution in [-0.4, -0.2) is 22.7 Å². The van der Waals surface area contributed by atoms with Gasteiger partial charge in [0.15, 0.2) is 11.5 Å². The molecular weight excluding hydrogens is 380 g/mol. The predicted molar refractivity (Wildman–Crippen MR) is 116 cm³/mol. The number of nitrogens with one attached hydrogen (secondary N) is 2. The second-order valence-electron chi connectivity index (χ2n) is 7.07. The second kappa shape index (κ2) is 9.84. The average molecular weight is 406 g/mol. The molecule has 0 aliphatic carbocycles. The van der Waals surface area contributed by atoms with E-state index in [2.05, 4.69) is 15.6 Å². The molecule has 1 heterocycles. The third kappa shape index (κ3) is 5.33. The van der Waals surface area contributed by atoms with Crippen molar-refractivity contribution in [3.05, 3.63) is 65.9 Å². The smallest absolute Gasteiger partial charge is 0.299 e. The van der Waals surface area contributed by atoms with Gasteiger partial charge in [-0.2, -0.15) is 0 Å². The molecule has 3 rings (SSSR count). The minimum Gasteiger partial charge on any atom is -0.423 e. The van der Waals surface area contributed by atoms with Gasteiger partial charge in [0.2, 0.25) is 5.91 Å². The van der Waals surface area contributed by atoms with Crippen LogP contribution in [0.1, 0.15) is 42.6 Å². The molecule has 1 unspecified atom stereocenters. The molecule has 7 nitrogen and oxygen atoms in total.